The number of hydrogen-bond donors (Lipinski definition) is 2. The van der Waals surface area contributed by atoms with Crippen molar-refractivity contribution in [2.45, 2.75) is 25.9 Å². The smallest absolute Gasteiger partial charge is 0.434 e. The van der Waals surface area contributed by atoms with E-state index in [2.05, 4.69) is 30.0 Å². The van der Waals surface area contributed by atoms with Crippen LogP contribution in [0.25, 0.3) is 0 Å². The number of hydrogen-bond acceptors (Lipinski definition) is 9. The summed E-state index contributed by atoms with van der Waals surface area (Å²) in [6.45, 7) is 2.88. The fourth-order valence-electron chi connectivity index (χ4n) is 3.72. The molecule has 0 spiro atoms. The van der Waals surface area contributed by atoms with Crippen LogP contribution in [0, 0.1) is 12.8 Å². The van der Waals surface area contributed by atoms with Gasteiger partial charge in [0.2, 0.25) is 5.88 Å². The fraction of sp³-hybridized carbons (Fsp3) is 0.409. The summed E-state index contributed by atoms with van der Waals surface area (Å²) < 4.78 is 72.9. The largest absolute Gasteiger partial charge is 0.477 e. The zero-order chi connectivity index (χ0) is 26.6. The molecule has 2 N–H and O–H groups in total. The zero-order valence-electron chi connectivity index (χ0n) is 19.4. The number of alkyl halides is 5. The van der Waals surface area contributed by atoms with Crippen molar-refractivity contribution in [2.24, 2.45) is 5.92 Å². The Balaban J connectivity index is 1.33. The third-order valence-corrected chi connectivity index (χ3v) is 6.35. The van der Waals surface area contributed by atoms with Crippen molar-refractivity contribution in [2.75, 3.05) is 36.9 Å². The second-order valence-electron chi connectivity index (χ2n) is 8.34. The molecular formula is C22H22F5N7O2S. The minimum Gasteiger partial charge on any atom is -0.477 e. The second kappa shape index (κ2) is 11.3. The molecular weight excluding hydrogens is 521 g/mol. The summed E-state index contributed by atoms with van der Waals surface area (Å²) in [5, 5.41) is 5.76. The van der Waals surface area contributed by atoms with Crippen LogP contribution in [0.3, 0.4) is 0 Å². The molecule has 0 aromatic carbocycles. The third kappa shape index (κ3) is 7.07. The van der Waals surface area contributed by atoms with Crippen LogP contribution >= 0.6 is 11.5 Å². The number of likely N-dealkylation sites (tertiary alicyclic amines) is 1. The van der Waals surface area contributed by atoms with E-state index in [1.165, 1.54) is 6.20 Å². The van der Waals surface area contributed by atoms with Gasteiger partial charge in [-0.25, -0.2) is 23.7 Å². The van der Waals surface area contributed by atoms with Gasteiger partial charge in [-0.15, -0.1) is 0 Å². The third-order valence-electron chi connectivity index (χ3n) is 5.50. The molecule has 1 fully saturated rings. The molecule has 15 heteroatoms. The number of halogens is 5. The van der Waals surface area contributed by atoms with Gasteiger partial charge in [-0.05, 0) is 37.5 Å². The topological polar surface area (TPSA) is 105 Å². The van der Waals surface area contributed by atoms with Crippen molar-refractivity contribution < 1.29 is 31.5 Å². The molecule has 4 heterocycles. The predicted octanol–water partition coefficient (Wildman–Crippen LogP) is 4.62. The maximum atomic E-state index is 12.9. The molecule has 198 valence electrons. The van der Waals surface area contributed by atoms with E-state index in [1.54, 1.807) is 24.0 Å². The Morgan fingerprint density at radius 1 is 1.22 bits per heavy atom. The van der Waals surface area contributed by atoms with Crippen molar-refractivity contribution in [3.8, 4) is 5.88 Å². The Bertz CT molecular complexity index is 1210. The lowest BCUT2D eigenvalue weighted by molar-refractivity contribution is -0.141. The van der Waals surface area contributed by atoms with Crippen LogP contribution < -0.4 is 15.4 Å². The molecule has 4 rings (SSSR count). The first-order chi connectivity index (χ1) is 17.6. The number of nitrogens with zero attached hydrogens (tertiary/aromatic N) is 5. The Morgan fingerprint density at radius 2 is 2.03 bits per heavy atom. The predicted molar refractivity (Wildman–Crippen MR) is 125 cm³/mol. The van der Waals surface area contributed by atoms with E-state index in [1.807, 2.05) is 0 Å². The molecule has 1 unspecified atom stereocenters. The molecule has 1 atom stereocenters. The molecule has 0 aliphatic carbocycles. The van der Waals surface area contributed by atoms with E-state index in [0.29, 0.717) is 43.2 Å². The Hall–Kier alpha value is -3.46. The highest BCUT2D eigenvalue weighted by molar-refractivity contribution is 7.10. The van der Waals surface area contributed by atoms with Gasteiger partial charge in [0.1, 0.15) is 10.8 Å². The molecule has 3 aromatic rings. The lowest BCUT2D eigenvalue weighted by Gasteiger charge is -2.15. The first-order valence-corrected chi connectivity index (χ1v) is 11.9. The van der Waals surface area contributed by atoms with Gasteiger partial charge < -0.3 is 15.4 Å². The summed E-state index contributed by atoms with van der Waals surface area (Å²) in [6, 6.07) is 3.18. The molecule has 9 nitrogen and oxygen atoms in total. The van der Waals surface area contributed by atoms with E-state index in [0.717, 1.165) is 24.2 Å². The number of ether oxygens (including phenoxy) is 1. The molecule has 1 saturated heterocycles. The van der Waals surface area contributed by atoms with Crippen LogP contribution in [0.4, 0.5) is 38.5 Å². The highest BCUT2D eigenvalue weighted by Gasteiger charge is 2.33. The lowest BCUT2D eigenvalue weighted by atomic mass is 10.1. The maximum absolute atomic E-state index is 12.9. The number of anilines is 3. The van der Waals surface area contributed by atoms with Gasteiger partial charge in [0, 0.05) is 18.5 Å². The molecule has 1 amide bonds. The van der Waals surface area contributed by atoms with E-state index < -0.39 is 24.2 Å². The highest BCUT2D eigenvalue weighted by Crippen LogP contribution is 2.30. The van der Waals surface area contributed by atoms with Crippen molar-refractivity contribution in [1.82, 2.24) is 24.2 Å². The van der Waals surface area contributed by atoms with Gasteiger partial charge in [-0.3, -0.25) is 9.69 Å². The van der Waals surface area contributed by atoms with Crippen molar-refractivity contribution in [3.05, 3.63) is 47.7 Å². The first kappa shape index (κ1) is 26.6. The number of aryl methyl sites for hydroxylation is 1. The molecule has 3 aromatic heterocycles. The molecule has 1 aliphatic heterocycles. The SMILES string of the molecule is Cc1nsc(Nc2cnc(C(F)(F)F)cn2)c1C(=O)Nc1ccc(OCC2CCN(CC(F)F)C2)nc1. The van der Waals surface area contributed by atoms with E-state index >= 15 is 0 Å². The van der Waals surface area contributed by atoms with Crippen molar-refractivity contribution in [3.63, 3.8) is 0 Å². The van der Waals surface area contributed by atoms with E-state index in [9.17, 15) is 26.7 Å². The Kier molecular flexibility index (Phi) is 8.12. The summed E-state index contributed by atoms with van der Waals surface area (Å²) in [4.78, 5) is 25.8. The normalized spacial score (nSPS) is 16.2. The maximum Gasteiger partial charge on any atom is 0.434 e. The summed E-state index contributed by atoms with van der Waals surface area (Å²) in [5.74, 6) is -0.0150. The summed E-state index contributed by atoms with van der Waals surface area (Å²) >= 11 is 0.951. The molecule has 0 saturated carbocycles. The average Bonchev–Trinajstić information content (AvgIpc) is 3.43. The standard InChI is InChI=1S/C22H22F5N7O2S/c1-12-19(21(37-33-12)32-17-8-28-15(7-29-17)22(25,26)27)20(35)31-14-2-3-18(30-6-14)36-11-13-4-5-34(9-13)10-16(23)24/h2-3,6-8,13,16H,4-5,9-11H2,1H3,(H,29,32)(H,31,35). The monoisotopic (exact) mass is 543 g/mol. The lowest BCUT2D eigenvalue weighted by Crippen LogP contribution is -2.27. The van der Waals surface area contributed by atoms with Gasteiger partial charge in [-0.2, -0.15) is 17.5 Å². The molecule has 37 heavy (non-hydrogen) atoms. The van der Waals surface area contributed by atoms with Crippen molar-refractivity contribution >= 4 is 33.9 Å². The van der Waals surface area contributed by atoms with Crippen LogP contribution in [-0.2, 0) is 6.18 Å². The quantitative estimate of drug-likeness (QED) is 0.377. The Morgan fingerprint density at radius 3 is 2.68 bits per heavy atom. The van der Waals surface area contributed by atoms with Crippen LogP contribution in [0.1, 0.15) is 28.2 Å². The van der Waals surface area contributed by atoms with Gasteiger partial charge in [0.25, 0.3) is 12.3 Å². The van der Waals surface area contributed by atoms with Crippen molar-refractivity contribution in [1.29, 1.82) is 0 Å². The number of carbonyl (C=O) groups is 1. The van der Waals surface area contributed by atoms with Gasteiger partial charge in [0.05, 0.1) is 48.7 Å². The van der Waals surface area contributed by atoms with Gasteiger partial charge >= 0.3 is 6.18 Å². The van der Waals surface area contributed by atoms with Gasteiger partial charge in [-0.1, -0.05) is 0 Å². The van der Waals surface area contributed by atoms with E-state index in [-0.39, 0.29) is 28.8 Å². The average molecular weight is 544 g/mol. The second-order valence-corrected chi connectivity index (χ2v) is 9.11. The minimum atomic E-state index is -4.61. The highest BCUT2D eigenvalue weighted by atomic mass is 32.1. The van der Waals surface area contributed by atoms with Crippen LogP contribution in [0.5, 0.6) is 5.88 Å². The molecule has 1 aliphatic rings. The summed E-state index contributed by atoms with van der Waals surface area (Å²) in [6.07, 6.45) is -3.28. The summed E-state index contributed by atoms with van der Waals surface area (Å²) in [7, 11) is 0. The van der Waals surface area contributed by atoms with E-state index in [4.69, 9.17) is 4.74 Å². The first-order valence-electron chi connectivity index (χ1n) is 11.1. The van der Waals surface area contributed by atoms with Crippen LogP contribution in [0.2, 0.25) is 0 Å². The number of amides is 1. The molecule has 0 radical (unpaired) electrons. The fourth-order valence-corrected chi connectivity index (χ4v) is 4.53. The number of rotatable bonds is 9. The van der Waals surface area contributed by atoms with Crippen LogP contribution in [0.15, 0.2) is 30.7 Å². The van der Waals surface area contributed by atoms with Crippen LogP contribution in [-0.4, -0.2) is 62.8 Å². The Labute approximate surface area is 212 Å². The number of nitrogens with one attached hydrogen (secondary N) is 2. The number of aromatic nitrogens is 4. The molecule has 0 bridgehead atoms. The number of carbonyl (C=O) groups excluding carboxylic acids is 1. The summed E-state index contributed by atoms with van der Waals surface area (Å²) in [5.41, 5.74) is -0.141. The number of pyridine rings is 1. The minimum absolute atomic E-state index is 0.0217. The zero-order valence-corrected chi connectivity index (χ0v) is 20.2. The van der Waals surface area contributed by atoms with Gasteiger partial charge in [0.15, 0.2) is 5.69 Å².